The van der Waals surface area contributed by atoms with Crippen molar-refractivity contribution < 1.29 is 14.4 Å². The second kappa shape index (κ2) is 10.2. The van der Waals surface area contributed by atoms with Gasteiger partial charge in [-0.3, -0.25) is 14.4 Å². The van der Waals surface area contributed by atoms with Crippen molar-refractivity contribution in [2.24, 2.45) is 0 Å². The Labute approximate surface area is 159 Å². The van der Waals surface area contributed by atoms with Gasteiger partial charge in [0.25, 0.3) is 5.91 Å². The number of halogens is 1. The van der Waals surface area contributed by atoms with E-state index in [1.807, 2.05) is 0 Å². The Morgan fingerprint density at radius 1 is 1.12 bits per heavy atom. The van der Waals surface area contributed by atoms with Gasteiger partial charge in [-0.1, -0.05) is 37.8 Å². The Balaban J connectivity index is 1.85. The van der Waals surface area contributed by atoms with E-state index in [0.29, 0.717) is 22.7 Å². The number of amides is 3. The van der Waals surface area contributed by atoms with Crippen LogP contribution in [0.25, 0.3) is 0 Å². The lowest BCUT2D eigenvalue weighted by Gasteiger charge is -2.22. The molecule has 0 atom stereocenters. The van der Waals surface area contributed by atoms with Gasteiger partial charge in [-0.25, -0.2) is 0 Å². The lowest BCUT2D eigenvalue weighted by Crippen LogP contribution is -2.38. The molecule has 1 aromatic rings. The first-order valence-electron chi connectivity index (χ1n) is 9.16. The highest BCUT2D eigenvalue weighted by atomic mass is 35.5. The first-order chi connectivity index (χ1) is 12.5. The zero-order valence-electron chi connectivity index (χ0n) is 15.1. The van der Waals surface area contributed by atoms with Crippen molar-refractivity contribution in [2.45, 2.75) is 57.9 Å². The van der Waals surface area contributed by atoms with E-state index in [1.54, 1.807) is 25.1 Å². The number of benzene rings is 1. The molecular weight excluding hydrogens is 354 g/mol. The summed E-state index contributed by atoms with van der Waals surface area (Å²) in [5.74, 6) is -0.598. The normalized spacial score (nSPS) is 14.5. The number of carbonyl (C=O) groups is 3. The van der Waals surface area contributed by atoms with Crippen LogP contribution in [0.5, 0.6) is 0 Å². The van der Waals surface area contributed by atoms with Crippen LogP contribution in [0.1, 0.15) is 62.2 Å². The van der Waals surface area contributed by atoms with E-state index < -0.39 is 0 Å². The minimum absolute atomic E-state index is 0.0483. The molecule has 0 unspecified atom stereocenters. The summed E-state index contributed by atoms with van der Waals surface area (Å²) in [6, 6.07) is 4.96. The van der Waals surface area contributed by atoms with Gasteiger partial charge in [0, 0.05) is 30.5 Å². The zero-order chi connectivity index (χ0) is 18.9. The fraction of sp³-hybridized carbons (Fsp3) is 0.526. The predicted octanol–water partition coefficient (Wildman–Crippen LogP) is 3.26. The third-order valence-electron chi connectivity index (χ3n) is 4.43. The zero-order valence-corrected chi connectivity index (χ0v) is 15.8. The molecule has 1 fully saturated rings. The van der Waals surface area contributed by atoms with Gasteiger partial charge < -0.3 is 16.0 Å². The summed E-state index contributed by atoms with van der Waals surface area (Å²) in [5, 5.41) is 8.85. The van der Waals surface area contributed by atoms with E-state index in [1.165, 1.54) is 6.42 Å². The first kappa shape index (κ1) is 20.2. The van der Waals surface area contributed by atoms with Crippen LogP contribution in [0.4, 0.5) is 5.69 Å². The van der Waals surface area contributed by atoms with E-state index in [-0.39, 0.29) is 36.7 Å². The highest BCUT2D eigenvalue weighted by molar-refractivity contribution is 6.31. The molecule has 0 radical (unpaired) electrons. The average molecular weight is 380 g/mol. The van der Waals surface area contributed by atoms with Gasteiger partial charge in [0.2, 0.25) is 11.8 Å². The number of nitrogens with one attached hydrogen (secondary N) is 3. The third-order valence-corrected chi connectivity index (χ3v) is 4.66. The Bertz CT molecular complexity index is 657. The Morgan fingerprint density at radius 3 is 2.54 bits per heavy atom. The number of anilines is 1. The SMILES string of the molecule is CCC(=O)Nc1cc(Cl)ccc1C(=O)NCCC(=O)NC1CCCCC1. The first-order valence-corrected chi connectivity index (χ1v) is 9.54. The van der Waals surface area contributed by atoms with Crippen LogP contribution < -0.4 is 16.0 Å². The molecule has 0 bridgehead atoms. The molecular formula is C19H26ClN3O3. The standard InChI is InChI=1S/C19H26ClN3O3/c1-2-17(24)23-16-12-13(20)8-9-15(16)19(26)21-11-10-18(25)22-14-6-4-3-5-7-14/h8-9,12,14H,2-7,10-11H2,1H3,(H,21,26)(H,22,25)(H,23,24). The summed E-state index contributed by atoms with van der Waals surface area (Å²) in [4.78, 5) is 36.0. The topological polar surface area (TPSA) is 87.3 Å². The Kier molecular flexibility index (Phi) is 7.91. The fourth-order valence-electron chi connectivity index (χ4n) is 2.99. The van der Waals surface area contributed by atoms with Crippen molar-refractivity contribution in [3.63, 3.8) is 0 Å². The maximum absolute atomic E-state index is 12.4. The second-order valence-electron chi connectivity index (χ2n) is 6.50. The van der Waals surface area contributed by atoms with Crippen LogP contribution >= 0.6 is 11.6 Å². The molecule has 142 valence electrons. The summed E-state index contributed by atoms with van der Waals surface area (Å²) in [6.45, 7) is 1.96. The maximum Gasteiger partial charge on any atom is 0.253 e. The van der Waals surface area contributed by atoms with Gasteiger partial charge in [-0.05, 0) is 31.0 Å². The summed E-state index contributed by atoms with van der Waals surface area (Å²) < 4.78 is 0. The lowest BCUT2D eigenvalue weighted by molar-refractivity contribution is -0.122. The van der Waals surface area contributed by atoms with Gasteiger partial charge in [0.1, 0.15) is 0 Å². The fourth-order valence-corrected chi connectivity index (χ4v) is 3.16. The van der Waals surface area contributed by atoms with Crippen molar-refractivity contribution >= 4 is 35.0 Å². The molecule has 0 aliphatic heterocycles. The molecule has 1 aromatic carbocycles. The number of rotatable bonds is 7. The minimum Gasteiger partial charge on any atom is -0.353 e. The molecule has 3 amide bonds. The summed E-state index contributed by atoms with van der Waals surface area (Å²) in [5.41, 5.74) is 0.692. The van der Waals surface area contributed by atoms with Crippen LogP contribution in [0.3, 0.4) is 0 Å². The largest absolute Gasteiger partial charge is 0.353 e. The molecule has 2 rings (SSSR count). The molecule has 1 aliphatic carbocycles. The van der Waals surface area contributed by atoms with Gasteiger partial charge >= 0.3 is 0 Å². The van der Waals surface area contributed by atoms with Crippen LogP contribution in [-0.2, 0) is 9.59 Å². The third kappa shape index (κ3) is 6.33. The van der Waals surface area contributed by atoms with Crippen LogP contribution in [-0.4, -0.2) is 30.3 Å². The molecule has 7 heteroatoms. The molecule has 0 heterocycles. The predicted molar refractivity (Wildman–Crippen MR) is 102 cm³/mol. The van der Waals surface area contributed by atoms with Crippen molar-refractivity contribution in [1.82, 2.24) is 10.6 Å². The second-order valence-corrected chi connectivity index (χ2v) is 6.94. The molecule has 26 heavy (non-hydrogen) atoms. The smallest absolute Gasteiger partial charge is 0.253 e. The summed E-state index contributed by atoms with van der Waals surface area (Å²) in [7, 11) is 0. The lowest BCUT2D eigenvalue weighted by atomic mass is 9.95. The highest BCUT2D eigenvalue weighted by Gasteiger charge is 2.17. The van der Waals surface area contributed by atoms with Crippen LogP contribution in [0, 0.1) is 0 Å². The van der Waals surface area contributed by atoms with E-state index in [9.17, 15) is 14.4 Å². The number of hydrogen-bond donors (Lipinski definition) is 3. The maximum atomic E-state index is 12.4. The van der Waals surface area contributed by atoms with E-state index in [0.717, 1.165) is 25.7 Å². The van der Waals surface area contributed by atoms with E-state index in [2.05, 4.69) is 16.0 Å². The highest BCUT2D eigenvalue weighted by Crippen LogP contribution is 2.21. The van der Waals surface area contributed by atoms with Gasteiger partial charge in [-0.15, -0.1) is 0 Å². The van der Waals surface area contributed by atoms with Gasteiger partial charge in [-0.2, -0.15) is 0 Å². The molecule has 0 aromatic heterocycles. The molecule has 0 saturated heterocycles. The van der Waals surface area contributed by atoms with Crippen molar-refractivity contribution in [3.8, 4) is 0 Å². The van der Waals surface area contributed by atoms with Gasteiger partial charge in [0.15, 0.2) is 0 Å². The summed E-state index contributed by atoms with van der Waals surface area (Å²) in [6.07, 6.45) is 6.14. The Morgan fingerprint density at radius 2 is 1.85 bits per heavy atom. The minimum atomic E-state index is -0.349. The van der Waals surface area contributed by atoms with Crippen LogP contribution in [0.15, 0.2) is 18.2 Å². The average Bonchev–Trinajstić information content (AvgIpc) is 2.62. The molecule has 6 nitrogen and oxygen atoms in total. The van der Waals surface area contributed by atoms with Crippen molar-refractivity contribution in [3.05, 3.63) is 28.8 Å². The molecule has 1 saturated carbocycles. The molecule has 3 N–H and O–H groups in total. The number of carbonyl (C=O) groups excluding carboxylic acids is 3. The quantitative estimate of drug-likeness (QED) is 0.679. The number of hydrogen-bond acceptors (Lipinski definition) is 3. The molecule has 1 aliphatic rings. The van der Waals surface area contributed by atoms with E-state index in [4.69, 9.17) is 11.6 Å². The van der Waals surface area contributed by atoms with E-state index >= 15 is 0 Å². The van der Waals surface area contributed by atoms with Crippen LogP contribution in [0.2, 0.25) is 5.02 Å². The Hall–Kier alpha value is -2.08. The van der Waals surface area contributed by atoms with Crippen molar-refractivity contribution in [2.75, 3.05) is 11.9 Å². The molecule has 0 spiro atoms. The van der Waals surface area contributed by atoms with Crippen molar-refractivity contribution in [1.29, 1.82) is 0 Å². The van der Waals surface area contributed by atoms with Gasteiger partial charge in [0.05, 0.1) is 11.3 Å². The monoisotopic (exact) mass is 379 g/mol. The summed E-state index contributed by atoms with van der Waals surface area (Å²) >= 11 is 5.95.